The average molecular weight is 389 g/mol. The highest BCUT2D eigenvalue weighted by Gasteiger charge is 2.42. The van der Waals surface area contributed by atoms with Crippen molar-refractivity contribution in [1.29, 1.82) is 0 Å². The van der Waals surface area contributed by atoms with E-state index in [-0.39, 0.29) is 23.5 Å². The molecule has 0 saturated carbocycles. The zero-order chi connectivity index (χ0) is 19.0. The maximum absolute atomic E-state index is 12.6. The molecule has 4 rings (SSSR count). The van der Waals surface area contributed by atoms with Gasteiger partial charge in [-0.15, -0.1) is 10.2 Å². The molecule has 2 aromatic rings. The molecule has 2 aliphatic rings. The normalized spacial score (nSPS) is 22.3. The Balaban J connectivity index is 1.46. The van der Waals surface area contributed by atoms with Gasteiger partial charge in [0.1, 0.15) is 5.82 Å². The highest BCUT2D eigenvalue weighted by atomic mass is 32.2. The number of hydrogen-bond acceptors (Lipinski definition) is 5. The van der Waals surface area contributed by atoms with Crippen molar-refractivity contribution in [3.63, 3.8) is 0 Å². The van der Waals surface area contributed by atoms with Crippen LogP contribution in [0.15, 0.2) is 30.3 Å². The SMILES string of the molecule is CCS(=O)(=O)N1C[C@H]2Cc3nnc(C(=O)NCc4ccccc4)n3C[C@H]2C1. The summed E-state index contributed by atoms with van der Waals surface area (Å²) in [5.41, 5.74) is 1.01. The van der Waals surface area contributed by atoms with Gasteiger partial charge >= 0.3 is 0 Å². The highest BCUT2D eigenvalue weighted by molar-refractivity contribution is 7.89. The summed E-state index contributed by atoms with van der Waals surface area (Å²) in [6, 6.07) is 9.69. The molecule has 2 aliphatic heterocycles. The molecular weight excluding hydrogens is 366 g/mol. The number of fused-ring (bicyclic) bond motifs is 2. The van der Waals surface area contributed by atoms with E-state index in [0.29, 0.717) is 38.4 Å². The van der Waals surface area contributed by atoms with E-state index >= 15 is 0 Å². The first-order chi connectivity index (χ1) is 13.0. The molecule has 0 aliphatic carbocycles. The number of benzene rings is 1. The van der Waals surface area contributed by atoms with E-state index in [9.17, 15) is 13.2 Å². The van der Waals surface area contributed by atoms with Crippen LogP contribution in [0, 0.1) is 11.8 Å². The smallest absolute Gasteiger partial charge is 0.289 e. The molecule has 1 amide bonds. The summed E-state index contributed by atoms with van der Waals surface area (Å²) >= 11 is 0. The highest BCUT2D eigenvalue weighted by Crippen LogP contribution is 2.33. The van der Waals surface area contributed by atoms with Crippen LogP contribution in [0.3, 0.4) is 0 Å². The number of carbonyl (C=O) groups is 1. The Kier molecular flexibility index (Phi) is 4.73. The van der Waals surface area contributed by atoms with Crippen molar-refractivity contribution in [3.05, 3.63) is 47.5 Å². The minimum absolute atomic E-state index is 0.117. The fourth-order valence-electron chi connectivity index (χ4n) is 3.92. The van der Waals surface area contributed by atoms with Crippen LogP contribution in [0.1, 0.15) is 28.9 Å². The second-order valence-electron chi connectivity index (χ2n) is 7.16. The molecule has 0 radical (unpaired) electrons. The number of hydrogen-bond donors (Lipinski definition) is 1. The third kappa shape index (κ3) is 3.49. The van der Waals surface area contributed by atoms with Crippen LogP contribution in [0.2, 0.25) is 0 Å². The lowest BCUT2D eigenvalue weighted by molar-refractivity contribution is 0.0932. The van der Waals surface area contributed by atoms with Crippen LogP contribution in [0.25, 0.3) is 0 Å². The molecule has 0 unspecified atom stereocenters. The Morgan fingerprint density at radius 2 is 1.89 bits per heavy atom. The van der Waals surface area contributed by atoms with Gasteiger partial charge in [-0.2, -0.15) is 0 Å². The van der Waals surface area contributed by atoms with Gasteiger partial charge < -0.3 is 9.88 Å². The molecule has 1 aromatic carbocycles. The lowest BCUT2D eigenvalue weighted by atomic mass is 9.89. The second-order valence-corrected chi connectivity index (χ2v) is 9.42. The Hall–Kier alpha value is -2.26. The van der Waals surface area contributed by atoms with Crippen molar-refractivity contribution in [2.24, 2.45) is 11.8 Å². The predicted molar refractivity (Wildman–Crippen MR) is 99.4 cm³/mol. The van der Waals surface area contributed by atoms with Crippen LogP contribution in [-0.4, -0.2) is 52.2 Å². The van der Waals surface area contributed by atoms with Crippen LogP contribution in [0.4, 0.5) is 0 Å². The Morgan fingerprint density at radius 3 is 2.63 bits per heavy atom. The minimum Gasteiger partial charge on any atom is -0.345 e. The number of rotatable bonds is 5. The summed E-state index contributed by atoms with van der Waals surface area (Å²) in [5.74, 6) is 1.35. The molecule has 0 bridgehead atoms. The van der Waals surface area contributed by atoms with Gasteiger partial charge in [-0.3, -0.25) is 4.79 Å². The van der Waals surface area contributed by atoms with Crippen molar-refractivity contribution in [1.82, 2.24) is 24.4 Å². The van der Waals surface area contributed by atoms with E-state index in [0.717, 1.165) is 11.4 Å². The summed E-state index contributed by atoms with van der Waals surface area (Å²) in [6.45, 7) is 3.71. The molecule has 9 heteroatoms. The lowest BCUT2D eigenvalue weighted by Gasteiger charge is -2.25. The monoisotopic (exact) mass is 389 g/mol. The maximum Gasteiger partial charge on any atom is 0.289 e. The van der Waals surface area contributed by atoms with Gasteiger partial charge in [-0.1, -0.05) is 30.3 Å². The van der Waals surface area contributed by atoms with Crippen LogP contribution >= 0.6 is 0 Å². The van der Waals surface area contributed by atoms with Crippen LogP contribution < -0.4 is 5.32 Å². The first-order valence-electron chi connectivity index (χ1n) is 9.20. The van der Waals surface area contributed by atoms with Crippen LogP contribution in [0.5, 0.6) is 0 Å². The van der Waals surface area contributed by atoms with Crippen LogP contribution in [-0.2, 0) is 29.5 Å². The maximum atomic E-state index is 12.6. The zero-order valence-corrected chi connectivity index (χ0v) is 16.0. The third-order valence-electron chi connectivity index (χ3n) is 5.49. The molecule has 1 saturated heterocycles. The Morgan fingerprint density at radius 1 is 1.15 bits per heavy atom. The minimum atomic E-state index is -3.18. The van der Waals surface area contributed by atoms with Gasteiger partial charge in [0, 0.05) is 32.6 Å². The number of carbonyl (C=O) groups excluding carboxylic acids is 1. The van der Waals surface area contributed by atoms with Gasteiger partial charge in [0.15, 0.2) is 0 Å². The number of amides is 1. The standard InChI is InChI=1S/C18H23N5O3S/c1-2-27(25,26)22-10-14-8-16-20-21-17(23(16)12-15(14)11-22)18(24)19-9-13-6-4-3-5-7-13/h3-7,14-15H,2,8-12H2,1H3,(H,19,24)/t14-,15-/m1/s1. The lowest BCUT2D eigenvalue weighted by Crippen LogP contribution is -2.33. The average Bonchev–Trinajstić information content (AvgIpc) is 3.28. The topological polar surface area (TPSA) is 97.2 Å². The van der Waals surface area contributed by atoms with E-state index in [4.69, 9.17) is 0 Å². The van der Waals surface area contributed by atoms with Crippen molar-refractivity contribution < 1.29 is 13.2 Å². The quantitative estimate of drug-likeness (QED) is 0.810. The Bertz CT molecular complexity index is 941. The van der Waals surface area contributed by atoms with E-state index in [1.165, 1.54) is 0 Å². The summed E-state index contributed by atoms with van der Waals surface area (Å²) in [4.78, 5) is 12.6. The summed E-state index contributed by atoms with van der Waals surface area (Å²) in [6.07, 6.45) is 0.652. The molecule has 2 atom stereocenters. The molecular formula is C18H23N5O3S. The number of nitrogens with zero attached hydrogens (tertiary/aromatic N) is 4. The number of sulfonamides is 1. The van der Waals surface area contributed by atoms with E-state index < -0.39 is 10.0 Å². The number of aromatic nitrogens is 3. The fraction of sp³-hybridized carbons (Fsp3) is 0.500. The van der Waals surface area contributed by atoms with Gasteiger partial charge in [0.2, 0.25) is 15.8 Å². The molecule has 8 nitrogen and oxygen atoms in total. The van der Waals surface area contributed by atoms with E-state index in [1.54, 1.807) is 11.2 Å². The zero-order valence-electron chi connectivity index (χ0n) is 15.2. The summed E-state index contributed by atoms with van der Waals surface area (Å²) in [5, 5.41) is 11.2. The van der Waals surface area contributed by atoms with Crippen molar-refractivity contribution in [3.8, 4) is 0 Å². The fourth-order valence-corrected chi connectivity index (χ4v) is 5.12. The molecule has 1 aromatic heterocycles. The molecule has 1 N–H and O–H groups in total. The van der Waals surface area contributed by atoms with Gasteiger partial charge in [0.25, 0.3) is 5.91 Å². The van der Waals surface area contributed by atoms with Crippen molar-refractivity contribution in [2.45, 2.75) is 26.4 Å². The second kappa shape index (κ2) is 7.05. The van der Waals surface area contributed by atoms with Crippen molar-refractivity contribution >= 4 is 15.9 Å². The Labute approximate surface area is 158 Å². The first-order valence-corrected chi connectivity index (χ1v) is 10.8. The van der Waals surface area contributed by atoms with E-state index in [2.05, 4.69) is 15.5 Å². The summed E-state index contributed by atoms with van der Waals surface area (Å²) in [7, 11) is -3.18. The van der Waals surface area contributed by atoms with Gasteiger partial charge in [-0.25, -0.2) is 12.7 Å². The molecule has 144 valence electrons. The third-order valence-corrected chi connectivity index (χ3v) is 7.30. The van der Waals surface area contributed by atoms with E-state index in [1.807, 2.05) is 34.9 Å². The molecule has 1 fully saturated rings. The first kappa shape index (κ1) is 18.1. The van der Waals surface area contributed by atoms with Crippen molar-refractivity contribution in [2.75, 3.05) is 18.8 Å². The van der Waals surface area contributed by atoms with Gasteiger partial charge in [0.05, 0.1) is 5.75 Å². The molecule has 27 heavy (non-hydrogen) atoms. The largest absolute Gasteiger partial charge is 0.345 e. The molecule has 0 spiro atoms. The number of nitrogens with one attached hydrogen (secondary N) is 1. The van der Waals surface area contributed by atoms with Gasteiger partial charge in [-0.05, 0) is 24.3 Å². The summed E-state index contributed by atoms with van der Waals surface area (Å²) < 4.78 is 27.8. The molecule has 3 heterocycles. The predicted octanol–water partition coefficient (Wildman–Crippen LogP) is 0.662.